The van der Waals surface area contributed by atoms with Crippen molar-refractivity contribution in [3.05, 3.63) is 59.2 Å². The van der Waals surface area contributed by atoms with Crippen molar-refractivity contribution in [2.24, 2.45) is 11.3 Å². The van der Waals surface area contributed by atoms with Gasteiger partial charge in [-0.2, -0.15) is 0 Å². The number of hydrogen-bond donors (Lipinski definition) is 2. The Kier molecular flexibility index (Phi) is 15.4. The van der Waals surface area contributed by atoms with E-state index < -0.39 is 30.6 Å². The Labute approximate surface area is 248 Å². The van der Waals surface area contributed by atoms with Crippen molar-refractivity contribution in [2.75, 3.05) is 26.4 Å². The van der Waals surface area contributed by atoms with E-state index in [0.29, 0.717) is 18.3 Å². The summed E-state index contributed by atoms with van der Waals surface area (Å²) >= 11 is 0. The van der Waals surface area contributed by atoms with Gasteiger partial charge >= 0.3 is 11.9 Å². The normalized spacial score (nSPS) is 17.2. The molecule has 0 unspecified atom stereocenters. The summed E-state index contributed by atoms with van der Waals surface area (Å²) in [6, 6.07) is 7.19. The molecule has 41 heavy (non-hydrogen) atoms. The molecule has 0 heterocycles. The summed E-state index contributed by atoms with van der Waals surface area (Å²) in [6.07, 6.45) is 13.9. The van der Waals surface area contributed by atoms with Crippen LogP contribution in [0.3, 0.4) is 0 Å². The summed E-state index contributed by atoms with van der Waals surface area (Å²) in [5.74, 6) is -0.116. The first-order valence-electron chi connectivity index (χ1n) is 15.8. The third-order valence-electron chi connectivity index (χ3n) is 8.82. The van der Waals surface area contributed by atoms with Gasteiger partial charge in [0.25, 0.3) is 0 Å². The minimum Gasteiger partial charge on any atom is -0.462 e. The number of aliphatic hydroxyl groups is 2. The minimum atomic E-state index is -0.637. The number of rotatable bonds is 19. The van der Waals surface area contributed by atoms with Gasteiger partial charge in [0.1, 0.15) is 13.2 Å². The van der Waals surface area contributed by atoms with Crippen molar-refractivity contribution in [1.29, 1.82) is 0 Å². The lowest BCUT2D eigenvalue weighted by atomic mass is 9.73. The van der Waals surface area contributed by atoms with E-state index in [4.69, 9.17) is 9.47 Å². The molecule has 0 radical (unpaired) electrons. The van der Waals surface area contributed by atoms with Gasteiger partial charge in [-0.1, -0.05) is 71.4 Å². The second kappa shape index (κ2) is 18.2. The average molecular weight is 571 g/mol. The van der Waals surface area contributed by atoms with Gasteiger partial charge in [-0.05, 0) is 92.7 Å². The van der Waals surface area contributed by atoms with Crippen LogP contribution in [-0.4, -0.2) is 48.6 Å². The number of carbonyl (C=O) groups excluding carboxylic acids is 2. The van der Waals surface area contributed by atoms with Gasteiger partial charge in [-0.15, -0.1) is 0 Å². The topological polar surface area (TPSA) is 93.1 Å². The monoisotopic (exact) mass is 570 g/mol. The van der Waals surface area contributed by atoms with Crippen LogP contribution < -0.4 is 0 Å². The van der Waals surface area contributed by atoms with Crippen molar-refractivity contribution in [2.45, 2.75) is 110 Å². The molecular formula is C35H54O6. The molecule has 0 aliphatic heterocycles. The Balaban J connectivity index is 2.04. The Morgan fingerprint density at radius 1 is 0.854 bits per heavy atom. The number of ether oxygens (including phenoxy) is 2. The molecule has 1 saturated carbocycles. The molecule has 2 N–H and O–H groups in total. The SMILES string of the molecule is C=C(CO)C(=O)OCC(CCC)(CCC1CCC(c2ccc(CCCCC)c(CC)c2)CC1)COC(=O)C(=C)CO. The molecule has 0 bridgehead atoms. The fraction of sp³-hybridized carbons (Fsp3) is 0.657. The van der Waals surface area contributed by atoms with Crippen LogP contribution in [0.5, 0.6) is 0 Å². The zero-order valence-corrected chi connectivity index (χ0v) is 25.8. The lowest BCUT2D eigenvalue weighted by Gasteiger charge is -2.36. The number of hydrogen-bond acceptors (Lipinski definition) is 6. The first-order valence-corrected chi connectivity index (χ1v) is 15.8. The van der Waals surface area contributed by atoms with Crippen LogP contribution >= 0.6 is 0 Å². The number of aryl methyl sites for hydroxylation is 2. The van der Waals surface area contributed by atoms with Crippen molar-refractivity contribution in [3.8, 4) is 0 Å². The highest BCUT2D eigenvalue weighted by atomic mass is 16.5. The van der Waals surface area contributed by atoms with E-state index in [-0.39, 0.29) is 24.4 Å². The molecule has 1 aromatic rings. The lowest BCUT2D eigenvalue weighted by molar-refractivity contribution is -0.151. The Bertz CT molecular complexity index is 956. The Morgan fingerprint density at radius 3 is 1.98 bits per heavy atom. The Hall–Kier alpha value is -2.44. The molecule has 1 fully saturated rings. The highest BCUT2D eigenvalue weighted by molar-refractivity contribution is 5.88. The molecule has 230 valence electrons. The fourth-order valence-corrected chi connectivity index (χ4v) is 6.09. The van der Waals surface area contributed by atoms with Crippen LogP contribution in [0, 0.1) is 11.3 Å². The number of aliphatic hydroxyl groups excluding tert-OH is 2. The maximum absolute atomic E-state index is 12.3. The number of carbonyl (C=O) groups is 2. The summed E-state index contributed by atoms with van der Waals surface area (Å²) in [5.41, 5.74) is 3.94. The molecule has 6 nitrogen and oxygen atoms in total. The molecule has 0 amide bonds. The molecule has 1 aliphatic rings. The van der Waals surface area contributed by atoms with Crippen LogP contribution in [0.2, 0.25) is 0 Å². The van der Waals surface area contributed by atoms with Gasteiger partial charge in [-0.3, -0.25) is 0 Å². The number of unbranched alkanes of at least 4 members (excludes halogenated alkanes) is 2. The van der Waals surface area contributed by atoms with E-state index in [1.165, 1.54) is 55.2 Å². The van der Waals surface area contributed by atoms with E-state index in [9.17, 15) is 19.8 Å². The largest absolute Gasteiger partial charge is 0.462 e. The first-order chi connectivity index (χ1) is 19.7. The first kappa shape index (κ1) is 34.8. The van der Waals surface area contributed by atoms with Gasteiger partial charge in [-0.25, -0.2) is 9.59 Å². The molecule has 0 saturated heterocycles. The minimum absolute atomic E-state index is 0.000374. The van der Waals surface area contributed by atoms with Crippen LogP contribution in [-0.2, 0) is 31.9 Å². The highest BCUT2D eigenvalue weighted by Crippen LogP contribution is 2.41. The quantitative estimate of drug-likeness (QED) is 0.106. The average Bonchev–Trinajstić information content (AvgIpc) is 3.01. The van der Waals surface area contributed by atoms with E-state index in [1.807, 2.05) is 0 Å². The lowest BCUT2D eigenvalue weighted by Crippen LogP contribution is -2.36. The van der Waals surface area contributed by atoms with Gasteiger partial charge in [0.15, 0.2) is 0 Å². The predicted octanol–water partition coefficient (Wildman–Crippen LogP) is 7.01. The maximum atomic E-state index is 12.3. The van der Waals surface area contributed by atoms with Crippen LogP contribution in [0.4, 0.5) is 0 Å². The van der Waals surface area contributed by atoms with Gasteiger partial charge < -0.3 is 19.7 Å². The summed E-state index contributed by atoms with van der Waals surface area (Å²) in [4.78, 5) is 24.6. The van der Waals surface area contributed by atoms with Crippen molar-refractivity contribution in [3.63, 3.8) is 0 Å². The molecule has 0 spiro atoms. The van der Waals surface area contributed by atoms with E-state index in [2.05, 4.69) is 52.1 Å². The molecule has 0 aromatic heterocycles. The molecule has 1 aliphatic carbocycles. The van der Waals surface area contributed by atoms with Crippen LogP contribution in [0.25, 0.3) is 0 Å². The molecule has 1 aromatic carbocycles. The van der Waals surface area contributed by atoms with Crippen molar-refractivity contribution >= 4 is 11.9 Å². The standard InChI is InChI=1S/C35H54O6/c1-6-9-10-11-30-16-17-32(21-29(30)8-3)31-14-12-28(13-15-31)18-20-35(19-7-2,24-40-33(38)26(4)22-36)25-41-34(39)27(5)23-37/h16-17,21,28,31,36-37H,4-15,18-20,22-25H2,1-3H3. The number of esters is 2. The third kappa shape index (κ3) is 11.1. The van der Waals surface area contributed by atoms with Crippen molar-refractivity contribution in [1.82, 2.24) is 0 Å². The fourth-order valence-electron chi connectivity index (χ4n) is 6.09. The highest BCUT2D eigenvalue weighted by Gasteiger charge is 2.35. The summed E-state index contributed by atoms with van der Waals surface area (Å²) in [5, 5.41) is 18.5. The number of benzene rings is 1. The molecule has 0 atom stereocenters. The van der Waals surface area contributed by atoms with Crippen molar-refractivity contribution < 1.29 is 29.3 Å². The Morgan fingerprint density at radius 2 is 1.46 bits per heavy atom. The molecule has 2 rings (SSSR count). The van der Waals surface area contributed by atoms with Gasteiger partial charge in [0, 0.05) is 5.41 Å². The van der Waals surface area contributed by atoms with Gasteiger partial charge in [0.05, 0.1) is 24.4 Å². The zero-order valence-electron chi connectivity index (χ0n) is 25.8. The van der Waals surface area contributed by atoms with Gasteiger partial charge in [0.2, 0.25) is 0 Å². The molecule has 6 heteroatoms. The van der Waals surface area contributed by atoms with Crippen LogP contribution in [0.1, 0.15) is 114 Å². The second-order valence-corrected chi connectivity index (χ2v) is 12.0. The smallest absolute Gasteiger partial charge is 0.335 e. The van der Waals surface area contributed by atoms with Crippen LogP contribution in [0.15, 0.2) is 42.5 Å². The zero-order chi connectivity index (χ0) is 30.3. The van der Waals surface area contributed by atoms with E-state index >= 15 is 0 Å². The summed E-state index contributed by atoms with van der Waals surface area (Å²) in [7, 11) is 0. The molecular weight excluding hydrogens is 516 g/mol. The second-order valence-electron chi connectivity index (χ2n) is 12.0. The van der Waals surface area contributed by atoms with E-state index in [0.717, 1.165) is 38.5 Å². The maximum Gasteiger partial charge on any atom is 0.335 e. The predicted molar refractivity (Wildman–Crippen MR) is 165 cm³/mol. The third-order valence-corrected chi connectivity index (χ3v) is 8.82. The van der Waals surface area contributed by atoms with E-state index in [1.54, 1.807) is 0 Å². The summed E-state index contributed by atoms with van der Waals surface area (Å²) < 4.78 is 11.1. The summed E-state index contributed by atoms with van der Waals surface area (Å²) in [6.45, 7) is 12.9.